The van der Waals surface area contributed by atoms with E-state index in [0.717, 1.165) is 77.7 Å². The van der Waals surface area contributed by atoms with E-state index in [1.807, 2.05) is 72.8 Å². The normalized spacial score (nSPS) is 17.2. The SMILES string of the molecule is CCOC(=O)C1(C(=O)Nc2cccc3c2CCCC3)Cc2ccccc2C1.O=C(O)C1(C(=O)Nc2cccc3c2CCCC3)Cc2ccccc2C1. The maximum atomic E-state index is 13.4. The number of hydrogen-bond donors (Lipinski definition) is 3. The lowest BCUT2D eigenvalue weighted by atomic mass is 9.83. The average Bonchev–Trinajstić information content (AvgIpc) is 3.77. The van der Waals surface area contributed by atoms with Crippen molar-refractivity contribution in [3.63, 3.8) is 0 Å². The van der Waals surface area contributed by atoms with Crippen LogP contribution >= 0.6 is 0 Å². The Hall–Kier alpha value is -5.24. The molecule has 2 amide bonds. The fourth-order valence-corrected chi connectivity index (χ4v) is 8.59. The van der Waals surface area contributed by atoms with Crippen LogP contribution in [0.1, 0.15) is 77.1 Å². The second kappa shape index (κ2) is 14.8. The lowest BCUT2D eigenvalue weighted by Gasteiger charge is -2.27. The molecule has 8 rings (SSSR count). The fraction of sp³-hybridized carbons (Fsp3) is 0.364. The lowest BCUT2D eigenvalue weighted by molar-refractivity contribution is -0.159. The van der Waals surface area contributed by atoms with Gasteiger partial charge >= 0.3 is 11.9 Å². The molecule has 0 heterocycles. The van der Waals surface area contributed by atoms with Crippen LogP contribution in [0.2, 0.25) is 0 Å². The number of aliphatic carboxylic acids is 1. The first kappa shape index (κ1) is 35.2. The first-order valence-corrected chi connectivity index (χ1v) is 18.6. The molecule has 4 aliphatic carbocycles. The lowest BCUT2D eigenvalue weighted by Crippen LogP contribution is -2.45. The Morgan fingerprint density at radius 3 is 1.37 bits per heavy atom. The summed E-state index contributed by atoms with van der Waals surface area (Å²) >= 11 is 0. The van der Waals surface area contributed by atoms with Crippen molar-refractivity contribution in [1.29, 1.82) is 0 Å². The van der Waals surface area contributed by atoms with E-state index < -0.39 is 28.7 Å². The molecule has 0 bridgehead atoms. The molecule has 52 heavy (non-hydrogen) atoms. The van der Waals surface area contributed by atoms with E-state index in [9.17, 15) is 24.3 Å². The zero-order valence-electron chi connectivity index (χ0n) is 29.8. The highest BCUT2D eigenvalue weighted by Crippen LogP contribution is 2.41. The van der Waals surface area contributed by atoms with Gasteiger partial charge in [-0.05, 0) is 141 Å². The third-order valence-corrected chi connectivity index (χ3v) is 11.4. The van der Waals surface area contributed by atoms with Gasteiger partial charge in [0.25, 0.3) is 0 Å². The minimum absolute atomic E-state index is 0.249. The number of carboxylic acid groups (broad SMARTS) is 1. The number of carbonyl (C=O) groups excluding carboxylic acids is 3. The summed E-state index contributed by atoms with van der Waals surface area (Å²) in [7, 11) is 0. The number of hydrogen-bond acceptors (Lipinski definition) is 5. The molecule has 0 spiro atoms. The number of amides is 2. The Kier molecular flexibility index (Phi) is 10.00. The molecular weight excluding hydrogens is 652 g/mol. The summed E-state index contributed by atoms with van der Waals surface area (Å²) in [6, 6.07) is 27.5. The number of fused-ring (bicyclic) bond motifs is 4. The van der Waals surface area contributed by atoms with Gasteiger partial charge < -0.3 is 20.5 Å². The minimum Gasteiger partial charge on any atom is -0.480 e. The number of esters is 1. The monoisotopic (exact) mass is 698 g/mol. The van der Waals surface area contributed by atoms with Crippen molar-refractivity contribution >= 4 is 35.1 Å². The number of ether oxygens (including phenoxy) is 1. The zero-order valence-corrected chi connectivity index (χ0v) is 29.8. The molecule has 0 radical (unpaired) electrons. The van der Waals surface area contributed by atoms with E-state index in [4.69, 9.17) is 4.74 Å². The van der Waals surface area contributed by atoms with Crippen molar-refractivity contribution in [2.75, 3.05) is 17.2 Å². The van der Waals surface area contributed by atoms with Gasteiger partial charge in [0.1, 0.15) is 0 Å². The van der Waals surface area contributed by atoms with Crippen molar-refractivity contribution in [3.8, 4) is 0 Å². The molecule has 0 unspecified atom stereocenters. The number of anilines is 2. The molecule has 8 heteroatoms. The Morgan fingerprint density at radius 2 is 0.942 bits per heavy atom. The number of carbonyl (C=O) groups is 4. The van der Waals surface area contributed by atoms with Crippen LogP contribution in [0.15, 0.2) is 84.9 Å². The van der Waals surface area contributed by atoms with Gasteiger partial charge in [0, 0.05) is 11.4 Å². The predicted octanol–water partition coefficient (Wildman–Crippen LogP) is 7.23. The van der Waals surface area contributed by atoms with Crippen LogP contribution in [0, 0.1) is 10.8 Å². The van der Waals surface area contributed by atoms with E-state index >= 15 is 0 Å². The first-order chi connectivity index (χ1) is 25.2. The van der Waals surface area contributed by atoms with Gasteiger partial charge in [-0.25, -0.2) is 0 Å². The van der Waals surface area contributed by atoms with Crippen LogP contribution in [-0.2, 0) is 75.3 Å². The van der Waals surface area contributed by atoms with Gasteiger partial charge in [-0.1, -0.05) is 72.8 Å². The molecule has 0 aliphatic heterocycles. The zero-order chi connectivity index (χ0) is 36.3. The number of nitrogens with one attached hydrogen (secondary N) is 2. The second-order valence-electron chi connectivity index (χ2n) is 14.6. The minimum atomic E-state index is -1.42. The standard InChI is InChI=1S/C23H25NO3.C21H21NO3/c1-2-27-22(26)23(14-17-9-3-4-10-18(17)15-23)21(25)24-20-13-7-11-16-8-5-6-12-19(16)20;23-19(22-18-11-5-9-14-6-3-4-10-17(14)18)21(20(24)25)12-15-7-1-2-8-16(15)13-21/h3-4,7,9-11,13H,2,5-6,8,12,14-15H2,1H3,(H,24,25);1-2,5,7-9,11H,3-4,6,10,12-13H2,(H,22,23)(H,24,25). The summed E-state index contributed by atoms with van der Waals surface area (Å²) in [6.07, 6.45) is 9.85. The highest BCUT2D eigenvalue weighted by molar-refractivity contribution is 6.11. The molecule has 3 N–H and O–H groups in total. The second-order valence-corrected chi connectivity index (χ2v) is 14.6. The van der Waals surface area contributed by atoms with Gasteiger partial charge in [-0.2, -0.15) is 0 Å². The Bertz CT molecular complexity index is 1980. The summed E-state index contributed by atoms with van der Waals surface area (Å²) in [6.45, 7) is 2.05. The summed E-state index contributed by atoms with van der Waals surface area (Å²) in [5.41, 5.74) is 7.98. The summed E-state index contributed by atoms with van der Waals surface area (Å²) in [5, 5.41) is 15.9. The van der Waals surface area contributed by atoms with Crippen molar-refractivity contribution in [3.05, 3.63) is 129 Å². The summed E-state index contributed by atoms with van der Waals surface area (Å²) < 4.78 is 5.33. The smallest absolute Gasteiger partial charge is 0.322 e. The summed E-state index contributed by atoms with van der Waals surface area (Å²) in [4.78, 5) is 51.4. The molecule has 8 nitrogen and oxygen atoms in total. The molecule has 0 fully saturated rings. The third-order valence-electron chi connectivity index (χ3n) is 11.4. The molecular formula is C44H46N2O6. The van der Waals surface area contributed by atoms with Crippen LogP contribution in [0.4, 0.5) is 11.4 Å². The van der Waals surface area contributed by atoms with Crippen LogP contribution in [-0.4, -0.2) is 35.5 Å². The quantitative estimate of drug-likeness (QED) is 0.138. The molecule has 0 saturated carbocycles. The van der Waals surface area contributed by atoms with Crippen LogP contribution in [0.5, 0.6) is 0 Å². The van der Waals surface area contributed by atoms with E-state index in [-0.39, 0.29) is 25.4 Å². The topological polar surface area (TPSA) is 122 Å². The Balaban J connectivity index is 0.000000162. The van der Waals surface area contributed by atoms with Crippen LogP contribution in [0.25, 0.3) is 0 Å². The highest BCUT2D eigenvalue weighted by atomic mass is 16.5. The average molecular weight is 699 g/mol. The molecule has 0 atom stereocenters. The van der Waals surface area contributed by atoms with E-state index in [1.165, 1.54) is 29.5 Å². The fourth-order valence-electron chi connectivity index (χ4n) is 8.59. The third kappa shape index (κ3) is 6.62. The maximum absolute atomic E-state index is 13.4. The molecule has 4 aliphatic rings. The van der Waals surface area contributed by atoms with Crippen molar-refractivity contribution in [2.45, 2.75) is 84.0 Å². The highest BCUT2D eigenvalue weighted by Gasteiger charge is 2.52. The number of benzene rings is 4. The maximum Gasteiger partial charge on any atom is 0.322 e. The number of carboxylic acids is 1. The van der Waals surface area contributed by atoms with Crippen molar-refractivity contribution in [2.24, 2.45) is 10.8 Å². The Morgan fingerprint density at radius 1 is 0.558 bits per heavy atom. The van der Waals surface area contributed by atoms with E-state index in [1.54, 1.807) is 6.92 Å². The first-order valence-electron chi connectivity index (χ1n) is 18.6. The van der Waals surface area contributed by atoms with E-state index in [0.29, 0.717) is 12.8 Å². The summed E-state index contributed by atoms with van der Waals surface area (Å²) in [5.74, 6) is -2.14. The largest absolute Gasteiger partial charge is 0.480 e. The molecule has 0 aromatic heterocycles. The molecule has 4 aromatic rings. The van der Waals surface area contributed by atoms with Crippen molar-refractivity contribution < 1.29 is 29.0 Å². The number of rotatable bonds is 7. The van der Waals surface area contributed by atoms with Crippen LogP contribution in [0.3, 0.4) is 0 Å². The van der Waals surface area contributed by atoms with Gasteiger partial charge in [-0.15, -0.1) is 0 Å². The van der Waals surface area contributed by atoms with Crippen molar-refractivity contribution in [1.82, 2.24) is 0 Å². The Labute approximate surface area is 305 Å². The molecule has 268 valence electrons. The molecule has 4 aromatic carbocycles. The molecule has 0 saturated heterocycles. The van der Waals surface area contributed by atoms with Gasteiger partial charge in [-0.3, -0.25) is 19.2 Å². The van der Waals surface area contributed by atoms with Crippen LogP contribution < -0.4 is 10.6 Å². The van der Waals surface area contributed by atoms with Gasteiger partial charge in [0.2, 0.25) is 11.8 Å². The van der Waals surface area contributed by atoms with Gasteiger partial charge in [0.05, 0.1) is 6.61 Å². The predicted molar refractivity (Wildman–Crippen MR) is 200 cm³/mol. The van der Waals surface area contributed by atoms with Gasteiger partial charge in [0.15, 0.2) is 10.8 Å². The number of aryl methyl sites for hydroxylation is 2. The van der Waals surface area contributed by atoms with E-state index in [2.05, 4.69) is 22.8 Å².